The molecule has 3 rings (SSSR count). The van der Waals surface area contributed by atoms with E-state index in [4.69, 9.17) is 0 Å². The molecule has 0 spiro atoms. The lowest BCUT2D eigenvalue weighted by Crippen LogP contribution is -2.48. The number of rotatable bonds is 3. The number of benzene rings is 1. The second-order valence-corrected chi connectivity index (χ2v) is 5.79. The normalized spacial score (nSPS) is 29.2. The van der Waals surface area contributed by atoms with Crippen molar-refractivity contribution in [1.82, 2.24) is 10.6 Å². The highest BCUT2D eigenvalue weighted by atomic mass is 16.1. The molecule has 2 heterocycles. The average molecular weight is 258 g/mol. The molecule has 1 aromatic rings. The van der Waals surface area contributed by atoms with Crippen molar-refractivity contribution in [3.8, 4) is 0 Å². The second kappa shape index (κ2) is 5.33. The van der Waals surface area contributed by atoms with Crippen LogP contribution < -0.4 is 10.6 Å². The van der Waals surface area contributed by atoms with Gasteiger partial charge in [0.05, 0.1) is 0 Å². The van der Waals surface area contributed by atoms with Gasteiger partial charge in [-0.25, -0.2) is 0 Å². The zero-order valence-electron chi connectivity index (χ0n) is 11.5. The molecule has 2 fully saturated rings. The number of hydrogen-bond donors (Lipinski definition) is 2. The maximum absolute atomic E-state index is 12.4. The molecule has 0 aliphatic carbocycles. The summed E-state index contributed by atoms with van der Waals surface area (Å²) in [4.78, 5) is 12.4. The molecular weight excluding hydrogens is 236 g/mol. The highest BCUT2D eigenvalue weighted by Gasteiger charge is 2.34. The van der Waals surface area contributed by atoms with Gasteiger partial charge in [-0.2, -0.15) is 0 Å². The van der Waals surface area contributed by atoms with Gasteiger partial charge in [0.1, 0.15) is 0 Å². The summed E-state index contributed by atoms with van der Waals surface area (Å²) in [6.45, 7) is 2.09. The summed E-state index contributed by atoms with van der Waals surface area (Å²) in [6.07, 6.45) is 5.60. The fourth-order valence-corrected chi connectivity index (χ4v) is 3.49. The maximum Gasteiger partial charge on any atom is 0.251 e. The van der Waals surface area contributed by atoms with Crippen LogP contribution in [-0.4, -0.2) is 24.0 Å². The van der Waals surface area contributed by atoms with E-state index >= 15 is 0 Å². The Hall–Kier alpha value is -1.35. The van der Waals surface area contributed by atoms with Crippen LogP contribution in [0.4, 0.5) is 0 Å². The molecule has 102 valence electrons. The van der Waals surface area contributed by atoms with Gasteiger partial charge in [0.15, 0.2) is 0 Å². The van der Waals surface area contributed by atoms with E-state index in [1.807, 2.05) is 24.3 Å². The van der Waals surface area contributed by atoms with E-state index in [0.717, 1.165) is 30.4 Å². The standard InChI is InChI=1S/C16H22N2O/c1-2-11-5-3-4-6-15(11)16(19)18-14-9-12-7-8-13(10-14)17-12/h3-6,12-14,17H,2,7-10H2,1H3,(H,18,19). The van der Waals surface area contributed by atoms with Crippen LogP contribution in [0.2, 0.25) is 0 Å². The number of aryl methyl sites for hydroxylation is 1. The zero-order valence-corrected chi connectivity index (χ0v) is 11.5. The van der Waals surface area contributed by atoms with E-state index in [0.29, 0.717) is 18.1 Å². The van der Waals surface area contributed by atoms with Gasteiger partial charge in [0.2, 0.25) is 0 Å². The summed E-state index contributed by atoms with van der Waals surface area (Å²) >= 11 is 0. The minimum atomic E-state index is 0.101. The summed E-state index contributed by atoms with van der Waals surface area (Å²) < 4.78 is 0. The van der Waals surface area contributed by atoms with Crippen LogP contribution in [0.1, 0.15) is 48.5 Å². The SMILES string of the molecule is CCc1ccccc1C(=O)NC1CC2CCC(C1)N2. The molecule has 3 heteroatoms. The molecule has 0 radical (unpaired) electrons. The zero-order chi connectivity index (χ0) is 13.2. The largest absolute Gasteiger partial charge is 0.349 e. The second-order valence-electron chi connectivity index (χ2n) is 5.79. The predicted octanol–water partition coefficient (Wildman–Crippen LogP) is 2.26. The third-order valence-corrected chi connectivity index (χ3v) is 4.45. The van der Waals surface area contributed by atoms with Crippen LogP contribution in [-0.2, 0) is 6.42 Å². The van der Waals surface area contributed by atoms with Gasteiger partial charge in [-0.15, -0.1) is 0 Å². The molecule has 2 aliphatic heterocycles. The highest BCUT2D eigenvalue weighted by Crippen LogP contribution is 2.27. The maximum atomic E-state index is 12.4. The summed E-state index contributed by atoms with van der Waals surface area (Å²) in [5.74, 6) is 0.101. The van der Waals surface area contributed by atoms with Crippen molar-refractivity contribution in [1.29, 1.82) is 0 Å². The third kappa shape index (κ3) is 2.66. The molecule has 1 amide bonds. The summed E-state index contributed by atoms with van der Waals surface area (Å²) in [6, 6.07) is 9.50. The molecule has 2 N–H and O–H groups in total. The monoisotopic (exact) mass is 258 g/mol. The van der Waals surface area contributed by atoms with Crippen LogP contribution in [0.25, 0.3) is 0 Å². The summed E-state index contributed by atoms with van der Waals surface area (Å²) in [7, 11) is 0. The van der Waals surface area contributed by atoms with Gasteiger partial charge >= 0.3 is 0 Å². The highest BCUT2D eigenvalue weighted by molar-refractivity contribution is 5.95. The molecular formula is C16H22N2O. The Morgan fingerprint density at radius 2 is 1.95 bits per heavy atom. The molecule has 0 saturated carbocycles. The lowest BCUT2D eigenvalue weighted by atomic mass is 9.98. The third-order valence-electron chi connectivity index (χ3n) is 4.45. The van der Waals surface area contributed by atoms with E-state index in [-0.39, 0.29) is 5.91 Å². The average Bonchev–Trinajstić information content (AvgIpc) is 2.78. The Balaban J connectivity index is 1.68. The van der Waals surface area contributed by atoms with Gasteiger partial charge in [-0.3, -0.25) is 4.79 Å². The van der Waals surface area contributed by atoms with Crippen LogP contribution in [0, 0.1) is 0 Å². The molecule has 2 saturated heterocycles. The molecule has 2 atom stereocenters. The fourth-order valence-electron chi connectivity index (χ4n) is 3.49. The molecule has 2 aliphatic rings. The van der Waals surface area contributed by atoms with Gasteiger partial charge in [0.25, 0.3) is 5.91 Å². The van der Waals surface area contributed by atoms with E-state index < -0.39 is 0 Å². The minimum absolute atomic E-state index is 0.101. The van der Waals surface area contributed by atoms with Crippen molar-refractivity contribution in [3.05, 3.63) is 35.4 Å². The molecule has 2 unspecified atom stereocenters. The summed E-state index contributed by atoms with van der Waals surface area (Å²) in [5, 5.41) is 6.84. The Morgan fingerprint density at radius 3 is 2.63 bits per heavy atom. The Morgan fingerprint density at radius 1 is 1.26 bits per heavy atom. The van der Waals surface area contributed by atoms with Gasteiger partial charge < -0.3 is 10.6 Å². The molecule has 2 bridgehead atoms. The molecule has 3 nitrogen and oxygen atoms in total. The van der Waals surface area contributed by atoms with Crippen molar-refractivity contribution >= 4 is 5.91 Å². The smallest absolute Gasteiger partial charge is 0.251 e. The first-order valence-electron chi connectivity index (χ1n) is 7.41. The minimum Gasteiger partial charge on any atom is -0.349 e. The van der Waals surface area contributed by atoms with Gasteiger partial charge in [0, 0.05) is 23.7 Å². The van der Waals surface area contributed by atoms with Crippen LogP contribution in [0.3, 0.4) is 0 Å². The van der Waals surface area contributed by atoms with E-state index in [2.05, 4.69) is 17.6 Å². The number of hydrogen-bond acceptors (Lipinski definition) is 2. The quantitative estimate of drug-likeness (QED) is 0.873. The van der Waals surface area contributed by atoms with Crippen molar-refractivity contribution in [2.75, 3.05) is 0 Å². The summed E-state index contributed by atoms with van der Waals surface area (Å²) in [5.41, 5.74) is 1.98. The number of nitrogens with one attached hydrogen (secondary N) is 2. The Bertz CT molecular complexity index is 460. The molecule has 19 heavy (non-hydrogen) atoms. The van der Waals surface area contributed by atoms with Crippen LogP contribution >= 0.6 is 0 Å². The topological polar surface area (TPSA) is 41.1 Å². The molecule has 1 aromatic carbocycles. The van der Waals surface area contributed by atoms with E-state index in [9.17, 15) is 4.79 Å². The van der Waals surface area contributed by atoms with E-state index in [1.54, 1.807) is 0 Å². The lowest BCUT2D eigenvalue weighted by molar-refractivity contribution is 0.0923. The van der Waals surface area contributed by atoms with Gasteiger partial charge in [-0.1, -0.05) is 25.1 Å². The Labute approximate surface area is 114 Å². The van der Waals surface area contributed by atoms with Gasteiger partial charge in [-0.05, 0) is 43.7 Å². The van der Waals surface area contributed by atoms with Crippen molar-refractivity contribution < 1.29 is 4.79 Å². The van der Waals surface area contributed by atoms with Crippen LogP contribution in [0.15, 0.2) is 24.3 Å². The predicted molar refractivity (Wildman–Crippen MR) is 76.3 cm³/mol. The first kappa shape index (κ1) is 12.7. The number of piperidine rings is 1. The number of carbonyl (C=O) groups excluding carboxylic acids is 1. The fraction of sp³-hybridized carbons (Fsp3) is 0.562. The van der Waals surface area contributed by atoms with Crippen LogP contribution in [0.5, 0.6) is 0 Å². The lowest BCUT2D eigenvalue weighted by Gasteiger charge is -2.29. The van der Waals surface area contributed by atoms with Crippen molar-refractivity contribution in [2.45, 2.75) is 57.2 Å². The first-order valence-corrected chi connectivity index (χ1v) is 7.41. The van der Waals surface area contributed by atoms with Crippen molar-refractivity contribution in [2.24, 2.45) is 0 Å². The number of amides is 1. The Kier molecular flexibility index (Phi) is 3.56. The first-order chi connectivity index (χ1) is 9.26. The van der Waals surface area contributed by atoms with Crippen molar-refractivity contribution in [3.63, 3.8) is 0 Å². The number of fused-ring (bicyclic) bond motifs is 2. The molecule has 0 aromatic heterocycles. The van der Waals surface area contributed by atoms with E-state index in [1.165, 1.54) is 12.8 Å². The number of carbonyl (C=O) groups is 1.